The number of amides is 1. The fourth-order valence-corrected chi connectivity index (χ4v) is 3.64. The highest BCUT2D eigenvalue weighted by Gasteiger charge is 2.26. The molecule has 7 heteroatoms. The molecule has 1 aliphatic carbocycles. The van der Waals surface area contributed by atoms with E-state index in [-0.39, 0.29) is 17.6 Å². The summed E-state index contributed by atoms with van der Waals surface area (Å²) in [4.78, 5) is 25.8. The summed E-state index contributed by atoms with van der Waals surface area (Å²) in [5, 5.41) is 17.7. The van der Waals surface area contributed by atoms with Gasteiger partial charge < -0.3 is 10.6 Å². The first-order valence-corrected chi connectivity index (χ1v) is 10.2. The van der Waals surface area contributed by atoms with Gasteiger partial charge in [-0.2, -0.15) is 0 Å². The lowest BCUT2D eigenvalue weighted by molar-refractivity contribution is -0.384. The Kier molecular flexibility index (Phi) is 6.66. The fourth-order valence-electron chi connectivity index (χ4n) is 3.64. The van der Waals surface area contributed by atoms with E-state index >= 15 is 0 Å². The molecule has 1 unspecified atom stereocenters. The molecule has 7 nitrogen and oxygen atoms in total. The van der Waals surface area contributed by atoms with Gasteiger partial charge in [0.1, 0.15) is 5.69 Å². The second-order valence-electron chi connectivity index (χ2n) is 7.66. The molecule has 1 saturated carbocycles. The van der Waals surface area contributed by atoms with Gasteiger partial charge in [0, 0.05) is 30.3 Å². The second kappa shape index (κ2) is 9.17. The minimum atomic E-state index is -0.411. The van der Waals surface area contributed by atoms with Crippen LogP contribution in [0.2, 0.25) is 0 Å². The zero-order valence-electron chi connectivity index (χ0n) is 16.1. The van der Waals surface area contributed by atoms with Gasteiger partial charge in [-0.05, 0) is 57.3 Å². The molecule has 27 heavy (non-hydrogen) atoms. The number of likely N-dealkylation sites (tertiary alicyclic amines) is 1. The highest BCUT2D eigenvalue weighted by Crippen LogP contribution is 2.27. The Morgan fingerprint density at radius 1 is 1.30 bits per heavy atom. The molecule has 0 bridgehead atoms. The summed E-state index contributed by atoms with van der Waals surface area (Å²) in [6.45, 7) is 5.08. The number of hydrogen-bond acceptors (Lipinski definition) is 5. The molecule has 2 aliphatic rings. The lowest BCUT2D eigenvalue weighted by Gasteiger charge is -2.36. The van der Waals surface area contributed by atoms with E-state index in [0.29, 0.717) is 23.8 Å². The minimum Gasteiger partial charge on any atom is -0.378 e. The number of unbranched alkanes of at least 4 members (excludes halogenated alkanes) is 1. The summed E-state index contributed by atoms with van der Waals surface area (Å²) < 4.78 is 0. The van der Waals surface area contributed by atoms with Crippen LogP contribution in [0.3, 0.4) is 0 Å². The number of piperidine rings is 1. The second-order valence-corrected chi connectivity index (χ2v) is 7.66. The minimum absolute atomic E-state index is 0.0330. The number of carbonyl (C=O) groups excluding carboxylic acids is 1. The lowest BCUT2D eigenvalue weighted by atomic mass is 10.0. The van der Waals surface area contributed by atoms with Crippen LogP contribution in [-0.4, -0.2) is 47.4 Å². The number of benzene rings is 1. The van der Waals surface area contributed by atoms with Gasteiger partial charge in [-0.3, -0.25) is 19.8 Å². The van der Waals surface area contributed by atoms with Gasteiger partial charge in [0.2, 0.25) is 0 Å². The first kappa shape index (κ1) is 19.6. The molecule has 2 fully saturated rings. The summed E-state index contributed by atoms with van der Waals surface area (Å²) >= 11 is 0. The number of nitrogens with one attached hydrogen (secondary N) is 2. The third-order valence-electron chi connectivity index (χ3n) is 5.45. The van der Waals surface area contributed by atoms with Crippen molar-refractivity contribution in [3.63, 3.8) is 0 Å². The molecule has 3 rings (SSSR count). The number of anilines is 1. The Bertz CT molecular complexity index is 675. The molecular formula is C20H30N4O3. The molecule has 0 spiro atoms. The Labute approximate surface area is 160 Å². The van der Waals surface area contributed by atoms with Crippen molar-refractivity contribution in [2.24, 2.45) is 0 Å². The van der Waals surface area contributed by atoms with Gasteiger partial charge >= 0.3 is 0 Å². The van der Waals surface area contributed by atoms with Gasteiger partial charge in [-0.15, -0.1) is 0 Å². The van der Waals surface area contributed by atoms with Crippen LogP contribution in [0.4, 0.5) is 11.4 Å². The standard InChI is InChI=1S/C20H30N4O3/c1-2-3-11-23-12-5-4-6-17(23)14-21-18-10-7-15(13-19(18)24(26)27)20(25)22-16-8-9-16/h7,10,13,16-17,21H,2-6,8-9,11-12,14H2,1H3,(H,22,25). The molecule has 2 N–H and O–H groups in total. The predicted molar refractivity (Wildman–Crippen MR) is 106 cm³/mol. The molecule has 0 aromatic heterocycles. The molecule has 1 saturated heterocycles. The van der Waals surface area contributed by atoms with E-state index < -0.39 is 4.92 Å². The van der Waals surface area contributed by atoms with Gasteiger partial charge in [-0.1, -0.05) is 19.8 Å². The first-order valence-electron chi connectivity index (χ1n) is 10.2. The van der Waals surface area contributed by atoms with Crippen molar-refractivity contribution in [3.8, 4) is 0 Å². The SMILES string of the molecule is CCCCN1CCCCC1CNc1ccc(C(=O)NC2CC2)cc1[N+](=O)[O-]. The van der Waals surface area contributed by atoms with Crippen LogP contribution in [0.5, 0.6) is 0 Å². The summed E-state index contributed by atoms with van der Waals surface area (Å²) in [7, 11) is 0. The topological polar surface area (TPSA) is 87.5 Å². The number of nitro groups is 1. The number of carbonyl (C=O) groups is 1. The summed E-state index contributed by atoms with van der Waals surface area (Å²) in [6, 6.07) is 5.36. The van der Waals surface area contributed by atoms with Crippen molar-refractivity contribution in [3.05, 3.63) is 33.9 Å². The van der Waals surface area contributed by atoms with Crippen molar-refractivity contribution in [1.82, 2.24) is 10.2 Å². The van der Waals surface area contributed by atoms with E-state index in [1.165, 1.54) is 31.7 Å². The smallest absolute Gasteiger partial charge is 0.293 e. The van der Waals surface area contributed by atoms with Crippen molar-refractivity contribution < 1.29 is 9.72 Å². The Morgan fingerprint density at radius 3 is 2.81 bits per heavy atom. The first-order chi connectivity index (χ1) is 13.1. The van der Waals surface area contributed by atoms with E-state index in [4.69, 9.17) is 0 Å². The molecule has 1 amide bonds. The zero-order chi connectivity index (χ0) is 19.2. The zero-order valence-corrected chi connectivity index (χ0v) is 16.1. The molecule has 1 aliphatic heterocycles. The van der Waals surface area contributed by atoms with Crippen molar-refractivity contribution in [2.75, 3.05) is 25.0 Å². The number of nitrogens with zero attached hydrogens (tertiary/aromatic N) is 2. The molecule has 1 heterocycles. The Hall–Kier alpha value is -2.15. The predicted octanol–water partition coefficient (Wildman–Crippen LogP) is 3.55. The summed E-state index contributed by atoms with van der Waals surface area (Å²) in [6.07, 6.45) is 7.88. The monoisotopic (exact) mass is 374 g/mol. The molecule has 1 aromatic carbocycles. The van der Waals surface area contributed by atoms with Crippen molar-refractivity contribution in [1.29, 1.82) is 0 Å². The normalized spacial score (nSPS) is 20.3. The number of rotatable bonds is 9. The van der Waals surface area contributed by atoms with Crippen LogP contribution in [0.15, 0.2) is 18.2 Å². The van der Waals surface area contributed by atoms with Crippen molar-refractivity contribution >= 4 is 17.3 Å². The molecule has 148 valence electrons. The summed E-state index contributed by atoms with van der Waals surface area (Å²) in [5.41, 5.74) is 0.805. The van der Waals surface area contributed by atoms with Crippen LogP contribution < -0.4 is 10.6 Å². The Balaban J connectivity index is 1.65. The molecule has 1 aromatic rings. The van der Waals surface area contributed by atoms with Crippen LogP contribution >= 0.6 is 0 Å². The molecule has 1 atom stereocenters. The van der Waals surface area contributed by atoms with E-state index in [1.54, 1.807) is 12.1 Å². The summed E-state index contributed by atoms with van der Waals surface area (Å²) in [5.74, 6) is -0.231. The maximum atomic E-state index is 12.2. The maximum Gasteiger partial charge on any atom is 0.293 e. The molecule has 0 radical (unpaired) electrons. The van der Waals surface area contributed by atoms with Gasteiger partial charge in [-0.25, -0.2) is 0 Å². The van der Waals surface area contributed by atoms with Crippen molar-refractivity contribution in [2.45, 2.75) is 64.0 Å². The van der Waals surface area contributed by atoms with Crippen LogP contribution in [-0.2, 0) is 0 Å². The Morgan fingerprint density at radius 2 is 2.11 bits per heavy atom. The highest BCUT2D eigenvalue weighted by atomic mass is 16.6. The third-order valence-corrected chi connectivity index (χ3v) is 5.45. The quantitative estimate of drug-likeness (QED) is 0.510. The third kappa shape index (κ3) is 5.42. The largest absolute Gasteiger partial charge is 0.378 e. The van der Waals surface area contributed by atoms with E-state index in [1.807, 2.05) is 0 Å². The average molecular weight is 374 g/mol. The van der Waals surface area contributed by atoms with Gasteiger partial charge in [0.15, 0.2) is 0 Å². The average Bonchev–Trinajstić information content (AvgIpc) is 3.49. The van der Waals surface area contributed by atoms with Crippen LogP contribution in [0.25, 0.3) is 0 Å². The van der Waals surface area contributed by atoms with Gasteiger partial charge in [0.25, 0.3) is 11.6 Å². The lowest BCUT2D eigenvalue weighted by Crippen LogP contribution is -2.44. The van der Waals surface area contributed by atoms with Gasteiger partial charge in [0.05, 0.1) is 4.92 Å². The highest BCUT2D eigenvalue weighted by molar-refractivity contribution is 5.96. The van der Waals surface area contributed by atoms with E-state index in [2.05, 4.69) is 22.5 Å². The van der Waals surface area contributed by atoms with Crippen LogP contribution in [0.1, 0.15) is 62.2 Å². The van der Waals surface area contributed by atoms with Crippen LogP contribution in [0, 0.1) is 10.1 Å². The fraction of sp³-hybridized carbons (Fsp3) is 0.650. The van der Waals surface area contributed by atoms with E-state index in [0.717, 1.165) is 32.4 Å². The number of nitro benzene ring substituents is 1. The molecular weight excluding hydrogens is 344 g/mol. The number of hydrogen-bond donors (Lipinski definition) is 2. The maximum absolute atomic E-state index is 12.2. The van der Waals surface area contributed by atoms with E-state index in [9.17, 15) is 14.9 Å².